The van der Waals surface area contributed by atoms with E-state index in [1.165, 1.54) is 6.20 Å². The largest absolute Gasteiger partial charge is 0.447 e. The Morgan fingerprint density at radius 2 is 1.84 bits per heavy atom. The molecule has 0 aromatic carbocycles. The van der Waals surface area contributed by atoms with Gasteiger partial charge < -0.3 is 25.1 Å². The highest BCUT2D eigenvalue weighted by Gasteiger charge is 2.36. The third kappa shape index (κ3) is 5.30. The number of aliphatic hydroxyl groups is 1. The molecule has 1 saturated heterocycles. The third-order valence-electron chi connectivity index (χ3n) is 7.19. The van der Waals surface area contributed by atoms with Crippen LogP contribution in [-0.2, 0) is 9.59 Å². The molecule has 2 aliphatic rings. The molecule has 4 heterocycles. The molecule has 2 fully saturated rings. The van der Waals surface area contributed by atoms with E-state index in [1.807, 2.05) is 0 Å². The SMILES string of the molecule is O=C(Nc1ccc(Cl)cn1)c1oc2cccnc2c1NC(=O)C1CCC(C(=O)N2CCCC2CO)CC1. The Labute approximate surface area is 218 Å². The standard InChI is InChI=1S/C26H28ClN5O5/c27-17-9-10-20(29-13-17)30-25(35)23-22(21-19(37-23)4-1-11-28-21)31-24(34)15-5-7-16(8-6-15)26(36)32-12-2-3-18(32)14-33/h1,4,9-11,13,15-16,18,33H,2-3,5-8,12,14H2,(H,31,34)(H,29,30,35). The average Bonchev–Trinajstić information content (AvgIpc) is 3.55. The van der Waals surface area contributed by atoms with Gasteiger partial charge in [-0.3, -0.25) is 19.4 Å². The van der Waals surface area contributed by atoms with E-state index in [2.05, 4.69) is 20.6 Å². The second kappa shape index (κ2) is 10.9. The van der Waals surface area contributed by atoms with Crippen LogP contribution in [0.4, 0.5) is 11.5 Å². The summed E-state index contributed by atoms with van der Waals surface area (Å²) in [7, 11) is 0. The topological polar surface area (TPSA) is 138 Å². The van der Waals surface area contributed by atoms with Crippen molar-refractivity contribution in [1.82, 2.24) is 14.9 Å². The van der Waals surface area contributed by atoms with Crippen LogP contribution < -0.4 is 10.6 Å². The van der Waals surface area contributed by atoms with Gasteiger partial charge in [-0.15, -0.1) is 0 Å². The molecule has 3 N–H and O–H groups in total. The summed E-state index contributed by atoms with van der Waals surface area (Å²) in [6.45, 7) is 0.668. The second-order valence-electron chi connectivity index (χ2n) is 9.52. The van der Waals surface area contributed by atoms with Crippen LogP contribution in [0, 0.1) is 11.8 Å². The van der Waals surface area contributed by atoms with Gasteiger partial charge in [0.05, 0.1) is 17.7 Å². The number of nitrogens with one attached hydrogen (secondary N) is 2. The van der Waals surface area contributed by atoms with Gasteiger partial charge in [0, 0.05) is 30.8 Å². The molecule has 3 aromatic rings. The summed E-state index contributed by atoms with van der Waals surface area (Å²) in [5, 5.41) is 15.5. The molecular formula is C26H28ClN5O5. The highest BCUT2D eigenvalue weighted by atomic mass is 35.5. The van der Waals surface area contributed by atoms with Gasteiger partial charge in [0.25, 0.3) is 5.91 Å². The average molecular weight is 526 g/mol. The van der Waals surface area contributed by atoms with E-state index >= 15 is 0 Å². The fourth-order valence-corrected chi connectivity index (χ4v) is 5.32. The van der Waals surface area contributed by atoms with Crippen LogP contribution in [0.2, 0.25) is 5.02 Å². The molecule has 3 amide bonds. The first-order valence-corrected chi connectivity index (χ1v) is 12.8. The first-order valence-electron chi connectivity index (χ1n) is 12.5. The van der Waals surface area contributed by atoms with Gasteiger partial charge in [0.1, 0.15) is 17.0 Å². The number of fused-ring (bicyclic) bond motifs is 1. The lowest BCUT2D eigenvalue weighted by atomic mass is 9.80. The molecule has 1 unspecified atom stereocenters. The van der Waals surface area contributed by atoms with Crippen LogP contribution in [0.5, 0.6) is 0 Å². The van der Waals surface area contributed by atoms with Gasteiger partial charge in [-0.1, -0.05) is 11.6 Å². The number of anilines is 2. The minimum absolute atomic E-state index is 0.0137. The Morgan fingerprint density at radius 3 is 2.57 bits per heavy atom. The van der Waals surface area contributed by atoms with Crippen molar-refractivity contribution < 1.29 is 23.9 Å². The summed E-state index contributed by atoms with van der Waals surface area (Å²) in [5.74, 6) is -0.986. The molecule has 5 rings (SSSR count). The third-order valence-corrected chi connectivity index (χ3v) is 7.41. The van der Waals surface area contributed by atoms with Crippen LogP contribution in [0.25, 0.3) is 11.1 Å². The van der Waals surface area contributed by atoms with E-state index in [0.717, 1.165) is 12.8 Å². The van der Waals surface area contributed by atoms with E-state index in [9.17, 15) is 19.5 Å². The number of hydrogen-bond donors (Lipinski definition) is 3. The number of aliphatic hydroxyl groups excluding tert-OH is 1. The number of amides is 3. The maximum atomic E-state index is 13.2. The summed E-state index contributed by atoms with van der Waals surface area (Å²) in [5.41, 5.74) is 0.941. The number of hydrogen-bond acceptors (Lipinski definition) is 7. The lowest BCUT2D eigenvalue weighted by Crippen LogP contribution is -2.42. The zero-order valence-corrected chi connectivity index (χ0v) is 20.9. The van der Waals surface area contributed by atoms with Crippen molar-refractivity contribution in [3.05, 3.63) is 47.4 Å². The Morgan fingerprint density at radius 1 is 1.05 bits per heavy atom. The number of nitrogens with zero attached hydrogens (tertiary/aromatic N) is 3. The zero-order chi connectivity index (χ0) is 25.9. The summed E-state index contributed by atoms with van der Waals surface area (Å²) in [4.78, 5) is 49.4. The smallest absolute Gasteiger partial charge is 0.294 e. The minimum Gasteiger partial charge on any atom is -0.447 e. The molecule has 0 spiro atoms. The van der Waals surface area contributed by atoms with Gasteiger partial charge in [-0.2, -0.15) is 0 Å². The van der Waals surface area contributed by atoms with E-state index < -0.39 is 5.91 Å². The number of pyridine rings is 2. The Bertz CT molecular complexity index is 1300. The Hall–Kier alpha value is -3.50. The van der Waals surface area contributed by atoms with Gasteiger partial charge in [0.2, 0.25) is 17.6 Å². The van der Waals surface area contributed by atoms with Crippen molar-refractivity contribution in [3.63, 3.8) is 0 Å². The summed E-state index contributed by atoms with van der Waals surface area (Å²) < 4.78 is 5.76. The second-order valence-corrected chi connectivity index (χ2v) is 9.96. The number of aromatic nitrogens is 2. The van der Waals surface area contributed by atoms with Gasteiger partial charge in [0.15, 0.2) is 5.58 Å². The molecule has 37 heavy (non-hydrogen) atoms. The maximum Gasteiger partial charge on any atom is 0.294 e. The molecule has 3 aromatic heterocycles. The number of carbonyl (C=O) groups excluding carboxylic acids is 3. The quantitative estimate of drug-likeness (QED) is 0.444. The zero-order valence-electron chi connectivity index (χ0n) is 20.2. The van der Waals surface area contributed by atoms with Gasteiger partial charge >= 0.3 is 0 Å². The van der Waals surface area contributed by atoms with Crippen LogP contribution in [0.3, 0.4) is 0 Å². The highest BCUT2D eigenvalue weighted by Crippen LogP contribution is 2.35. The summed E-state index contributed by atoms with van der Waals surface area (Å²) in [6.07, 6.45) is 7.03. The fraction of sp³-hybridized carbons (Fsp3) is 0.423. The predicted octanol–water partition coefficient (Wildman–Crippen LogP) is 3.86. The molecule has 1 aliphatic carbocycles. The number of likely N-dealkylation sites (tertiary alicyclic amines) is 1. The number of carbonyl (C=O) groups is 3. The Balaban J connectivity index is 1.27. The lowest BCUT2D eigenvalue weighted by molar-refractivity contribution is -0.139. The van der Waals surface area contributed by atoms with Crippen LogP contribution >= 0.6 is 11.6 Å². The normalized spacial score (nSPS) is 21.7. The molecule has 1 aliphatic heterocycles. The number of rotatable bonds is 6. The van der Waals surface area contributed by atoms with E-state index in [4.69, 9.17) is 16.0 Å². The van der Waals surface area contributed by atoms with Crippen molar-refractivity contribution in [3.8, 4) is 0 Å². The van der Waals surface area contributed by atoms with Gasteiger partial charge in [-0.25, -0.2) is 4.98 Å². The van der Waals surface area contributed by atoms with Gasteiger partial charge in [-0.05, 0) is 62.8 Å². The molecule has 0 radical (unpaired) electrons. The van der Waals surface area contributed by atoms with Crippen molar-refractivity contribution in [2.75, 3.05) is 23.8 Å². The van der Waals surface area contributed by atoms with Crippen molar-refractivity contribution in [1.29, 1.82) is 0 Å². The van der Waals surface area contributed by atoms with Crippen molar-refractivity contribution in [2.45, 2.75) is 44.6 Å². The van der Waals surface area contributed by atoms with E-state index in [0.29, 0.717) is 48.4 Å². The first kappa shape index (κ1) is 25.2. The molecule has 11 heteroatoms. The maximum absolute atomic E-state index is 13.2. The van der Waals surface area contributed by atoms with Crippen molar-refractivity contribution >= 4 is 51.9 Å². The lowest BCUT2D eigenvalue weighted by Gasteiger charge is -2.32. The highest BCUT2D eigenvalue weighted by molar-refractivity contribution is 6.30. The number of furan rings is 1. The van der Waals surface area contributed by atoms with Crippen LogP contribution in [0.1, 0.15) is 49.1 Å². The Kier molecular flexibility index (Phi) is 7.38. The summed E-state index contributed by atoms with van der Waals surface area (Å²) >= 11 is 5.87. The molecule has 1 saturated carbocycles. The molecule has 1 atom stereocenters. The predicted molar refractivity (Wildman–Crippen MR) is 137 cm³/mol. The molecule has 0 bridgehead atoms. The van der Waals surface area contributed by atoms with E-state index in [-0.39, 0.29) is 53.6 Å². The molecule has 10 nitrogen and oxygen atoms in total. The molecule has 194 valence electrons. The molecular weight excluding hydrogens is 498 g/mol. The van der Waals surface area contributed by atoms with Crippen molar-refractivity contribution in [2.24, 2.45) is 11.8 Å². The summed E-state index contributed by atoms with van der Waals surface area (Å²) in [6, 6.07) is 6.42. The monoisotopic (exact) mass is 525 g/mol. The first-order chi connectivity index (χ1) is 17.9. The van der Waals surface area contributed by atoms with Crippen LogP contribution in [-0.4, -0.2) is 56.9 Å². The minimum atomic E-state index is -0.582. The van der Waals surface area contributed by atoms with Crippen LogP contribution in [0.15, 0.2) is 41.1 Å². The van der Waals surface area contributed by atoms with E-state index in [1.54, 1.807) is 35.4 Å². The number of halogens is 1. The fourth-order valence-electron chi connectivity index (χ4n) is 5.21.